The Kier molecular flexibility index (Phi) is 7.06. The van der Waals surface area contributed by atoms with Crippen LogP contribution in [0.1, 0.15) is 65.8 Å². The molecule has 2 aliphatic heterocycles. The Morgan fingerprint density at radius 2 is 1.11 bits per heavy atom. The Morgan fingerprint density at radius 1 is 0.723 bits per heavy atom. The minimum Gasteiger partial charge on any atom is -0.426 e. The highest BCUT2D eigenvalue weighted by molar-refractivity contribution is 7.19. The van der Waals surface area contributed by atoms with Gasteiger partial charge in [-0.05, 0) is 45.2 Å². The van der Waals surface area contributed by atoms with E-state index in [-0.39, 0.29) is 23.7 Å². The lowest BCUT2D eigenvalue weighted by atomic mass is 9.34. The smallest absolute Gasteiger partial charge is 0.308 e. The van der Waals surface area contributed by atoms with Gasteiger partial charge < -0.3 is 19.3 Å². The molecule has 9 rings (SSSR count). The van der Waals surface area contributed by atoms with Gasteiger partial charge in [-0.3, -0.25) is 19.2 Å². The average Bonchev–Trinajstić information content (AvgIpc) is 3.72. The number of benzene rings is 2. The maximum absolute atomic E-state index is 14.4. The van der Waals surface area contributed by atoms with Crippen LogP contribution in [0.5, 0.6) is 11.5 Å². The van der Waals surface area contributed by atoms with Gasteiger partial charge in [0.2, 0.25) is 11.8 Å². The van der Waals surface area contributed by atoms with Crippen molar-refractivity contribution in [2.24, 2.45) is 10.8 Å². The predicted molar refractivity (Wildman–Crippen MR) is 186 cm³/mol. The number of alkyl halides is 2. The number of esters is 2. The molecule has 3 fully saturated rings. The number of amides is 2. The lowest BCUT2D eigenvalue weighted by Gasteiger charge is -2.69. The first-order valence-electron chi connectivity index (χ1n) is 15.7. The molecule has 2 atom stereocenters. The first kappa shape index (κ1) is 31.1. The number of nitrogens with zero attached hydrogens (tertiary/aromatic N) is 2. The van der Waals surface area contributed by atoms with E-state index in [0.29, 0.717) is 55.6 Å². The number of hydrogen-bond donors (Lipinski definition) is 0. The zero-order chi connectivity index (χ0) is 33.2. The number of hydrogen-bond acceptors (Lipinski definition) is 8. The zero-order valence-electron chi connectivity index (χ0n) is 26.3. The first-order chi connectivity index (χ1) is 22.4. The molecule has 244 valence electrons. The van der Waals surface area contributed by atoms with Crippen LogP contribution in [0.4, 0.5) is 11.4 Å². The van der Waals surface area contributed by atoms with E-state index in [1.807, 2.05) is 47.9 Å². The molecule has 47 heavy (non-hydrogen) atoms. The van der Waals surface area contributed by atoms with Gasteiger partial charge in [-0.25, -0.2) is 0 Å². The van der Waals surface area contributed by atoms with E-state index >= 15 is 0 Å². The second-order valence-electron chi connectivity index (χ2n) is 13.6. The Hall–Kier alpha value is -3.18. The van der Waals surface area contributed by atoms with Gasteiger partial charge in [0.05, 0.1) is 22.2 Å². The van der Waals surface area contributed by atoms with Crippen molar-refractivity contribution in [1.29, 1.82) is 0 Å². The lowest BCUT2D eigenvalue weighted by Crippen LogP contribution is -2.73. The molecule has 8 nitrogen and oxygen atoms in total. The molecule has 2 aromatic carbocycles. The molecule has 0 spiro atoms. The van der Waals surface area contributed by atoms with Crippen LogP contribution >= 0.6 is 45.9 Å². The van der Waals surface area contributed by atoms with E-state index in [9.17, 15) is 19.2 Å². The highest BCUT2D eigenvalue weighted by atomic mass is 35.5. The molecule has 3 aliphatic carbocycles. The van der Waals surface area contributed by atoms with Gasteiger partial charge in [0.1, 0.15) is 11.5 Å². The average molecular weight is 712 g/mol. The Bertz CT molecular complexity index is 1920. The number of halogens is 2. The summed E-state index contributed by atoms with van der Waals surface area (Å²) in [6, 6.07) is 7.64. The van der Waals surface area contributed by atoms with Crippen molar-refractivity contribution in [3.8, 4) is 11.5 Å². The van der Waals surface area contributed by atoms with E-state index in [0.717, 1.165) is 52.4 Å². The topological polar surface area (TPSA) is 93.2 Å². The number of carbonyl (C=O) groups excluding carboxylic acids is 4. The second-order valence-corrected chi connectivity index (χ2v) is 16.8. The van der Waals surface area contributed by atoms with E-state index < -0.39 is 22.8 Å². The van der Waals surface area contributed by atoms with Gasteiger partial charge in [-0.15, -0.1) is 45.9 Å². The van der Waals surface area contributed by atoms with Crippen molar-refractivity contribution in [1.82, 2.24) is 0 Å². The Labute approximate surface area is 289 Å². The number of anilines is 2. The molecule has 12 heteroatoms. The van der Waals surface area contributed by atoms with Crippen molar-refractivity contribution < 1.29 is 28.7 Å². The largest absolute Gasteiger partial charge is 0.426 e. The third-order valence-electron chi connectivity index (χ3n) is 10.3. The molecular formula is C35H32Cl2N2O6S2. The molecular weight excluding hydrogens is 679 g/mol. The zero-order valence-corrected chi connectivity index (χ0v) is 29.5. The van der Waals surface area contributed by atoms with Gasteiger partial charge in [0, 0.05) is 104 Å². The predicted octanol–water partition coefficient (Wildman–Crippen LogP) is 7.79. The quantitative estimate of drug-likeness (QED) is 0.115. The normalized spacial score (nSPS) is 25.4. The summed E-state index contributed by atoms with van der Waals surface area (Å²) in [4.78, 5) is 58.5. The van der Waals surface area contributed by atoms with Crippen molar-refractivity contribution in [3.05, 3.63) is 45.1 Å². The maximum atomic E-state index is 14.4. The Morgan fingerprint density at radius 3 is 1.45 bits per heavy atom. The van der Waals surface area contributed by atoms with Crippen LogP contribution in [-0.2, 0) is 19.2 Å². The summed E-state index contributed by atoms with van der Waals surface area (Å²) in [7, 11) is 0. The van der Waals surface area contributed by atoms with Crippen LogP contribution in [0.25, 0.3) is 20.2 Å². The summed E-state index contributed by atoms with van der Waals surface area (Å²) < 4.78 is 13.2. The van der Waals surface area contributed by atoms with E-state index in [1.54, 1.807) is 22.7 Å². The van der Waals surface area contributed by atoms with Crippen LogP contribution in [0.2, 0.25) is 0 Å². The molecule has 2 bridgehead atoms. The van der Waals surface area contributed by atoms with Crippen LogP contribution in [0.15, 0.2) is 24.3 Å². The van der Waals surface area contributed by atoms with Gasteiger partial charge >= 0.3 is 11.9 Å². The van der Waals surface area contributed by atoms with Crippen LogP contribution in [0.3, 0.4) is 0 Å². The fourth-order valence-electron chi connectivity index (χ4n) is 8.57. The number of thiophene rings is 2. The summed E-state index contributed by atoms with van der Waals surface area (Å²) in [6.45, 7) is 7.66. The number of ether oxygens (including phenoxy) is 2. The minimum atomic E-state index is -0.623. The van der Waals surface area contributed by atoms with Crippen LogP contribution < -0.4 is 19.3 Å². The fraction of sp³-hybridized carbons (Fsp3) is 0.429. The molecule has 0 radical (unpaired) electrons. The summed E-state index contributed by atoms with van der Waals surface area (Å²) in [6.07, 6.45) is 1.42. The molecule has 2 amide bonds. The van der Waals surface area contributed by atoms with Gasteiger partial charge in [0.15, 0.2) is 0 Å². The third-order valence-corrected chi connectivity index (χ3v) is 13.2. The van der Waals surface area contributed by atoms with E-state index in [1.165, 1.54) is 13.8 Å². The number of rotatable bonds is 6. The monoisotopic (exact) mass is 710 g/mol. The van der Waals surface area contributed by atoms with Crippen molar-refractivity contribution in [3.63, 3.8) is 0 Å². The van der Waals surface area contributed by atoms with Crippen LogP contribution in [-0.4, -0.2) is 48.6 Å². The van der Waals surface area contributed by atoms with E-state index in [4.69, 9.17) is 32.7 Å². The van der Waals surface area contributed by atoms with E-state index in [2.05, 4.69) is 0 Å². The highest BCUT2D eigenvalue weighted by Gasteiger charge is 2.76. The standard InChI is InChI=1S/C35H32Cl2N2O6S2/c1-16-5-22-26(44-18(3)40)7-24-28(30(22)46-16)20(9-36)11-38(24)32(42)34-13-35(14-34,15-34)33(43)39-12-21(10-37)29-25(39)8-27(45-19(4)41)23-6-17(2)47-31(23)29/h5-8,20-21H,9-15H2,1-4H3/t20-,21-,34?,35?/m1/s1. The first-order valence-corrected chi connectivity index (χ1v) is 18.4. The highest BCUT2D eigenvalue weighted by Crippen LogP contribution is 2.75. The molecule has 0 N–H and O–H groups in total. The third kappa shape index (κ3) is 4.44. The molecule has 4 heterocycles. The summed E-state index contributed by atoms with van der Waals surface area (Å²) in [5.74, 6) is 0.638. The fourth-order valence-corrected chi connectivity index (χ4v) is 11.4. The maximum Gasteiger partial charge on any atom is 0.308 e. The SMILES string of the molecule is CC(=O)Oc1cc2c(c3sc(C)cc13)[C@H](CCl)CN2C(=O)C12CC(C(=O)N3C[C@@H](CCl)c4c3cc(OC(C)=O)c3cc(C)sc43)(C1)C2. The summed E-state index contributed by atoms with van der Waals surface area (Å²) in [5, 5.41) is 1.71. The molecule has 0 saturated heterocycles. The summed E-state index contributed by atoms with van der Waals surface area (Å²) >= 11 is 16.2. The lowest BCUT2D eigenvalue weighted by molar-refractivity contribution is -0.205. The number of fused-ring (bicyclic) bond motifs is 6. The van der Waals surface area contributed by atoms with Crippen LogP contribution in [0, 0.1) is 24.7 Å². The van der Waals surface area contributed by atoms with Gasteiger partial charge in [-0.2, -0.15) is 0 Å². The Balaban J connectivity index is 1.09. The van der Waals surface area contributed by atoms with Crippen molar-refractivity contribution >= 4 is 101 Å². The second kappa shape index (κ2) is 10.7. The molecule has 0 unspecified atom stereocenters. The number of aryl methyl sites for hydroxylation is 2. The molecule has 4 aromatic rings. The van der Waals surface area contributed by atoms with Gasteiger partial charge in [0.25, 0.3) is 0 Å². The minimum absolute atomic E-state index is 0.00387. The molecule has 5 aliphatic rings. The van der Waals surface area contributed by atoms with Gasteiger partial charge in [-0.1, -0.05) is 0 Å². The number of carbonyl (C=O) groups is 4. The van der Waals surface area contributed by atoms with Crippen molar-refractivity contribution in [2.75, 3.05) is 34.6 Å². The molecule has 2 aromatic heterocycles. The summed E-state index contributed by atoms with van der Waals surface area (Å²) in [5.41, 5.74) is 2.28. The molecule has 3 saturated carbocycles. The van der Waals surface area contributed by atoms with Crippen molar-refractivity contribution in [2.45, 2.75) is 58.8 Å².